The van der Waals surface area contributed by atoms with Crippen LogP contribution in [0.25, 0.3) is 11.3 Å². The summed E-state index contributed by atoms with van der Waals surface area (Å²) >= 11 is 0. The Hall–Kier alpha value is -3.52. The van der Waals surface area contributed by atoms with Gasteiger partial charge in [-0.15, -0.1) is 0 Å². The Morgan fingerprint density at radius 3 is 2.57 bits per heavy atom. The van der Waals surface area contributed by atoms with Crippen LogP contribution in [-0.2, 0) is 18.3 Å². The van der Waals surface area contributed by atoms with Gasteiger partial charge >= 0.3 is 6.03 Å². The molecule has 8 heteroatoms. The van der Waals surface area contributed by atoms with Crippen LogP contribution in [-0.4, -0.2) is 53.6 Å². The van der Waals surface area contributed by atoms with Crippen molar-refractivity contribution >= 4 is 6.03 Å². The van der Waals surface area contributed by atoms with Gasteiger partial charge < -0.3 is 24.4 Å². The molecule has 1 atom stereocenters. The lowest BCUT2D eigenvalue weighted by Gasteiger charge is -2.26. The summed E-state index contributed by atoms with van der Waals surface area (Å²) in [6, 6.07) is 17.3. The summed E-state index contributed by atoms with van der Waals surface area (Å²) in [6.45, 7) is 4.26. The molecule has 1 fully saturated rings. The smallest absolute Gasteiger partial charge is 0.317 e. The quantitative estimate of drug-likeness (QED) is 0.444. The molecule has 2 heterocycles. The van der Waals surface area contributed by atoms with Crippen molar-refractivity contribution < 1.29 is 19.0 Å². The Morgan fingerprint density at radius 1 is 1.17 bits per heavy atom. The largest absolute Gasteiger partial charge is 0.497 e. The molecule has 0 saturated carbocycles. The van der Waals surface area contributed by atoms with Crippen LogP contribution in [0, 0.1) is 0 Å². The van der Waals surface area contributed by atoms with Crippen LogP contribution in [0.4, 0.5) is 4.79 Å². The van der Waals surface area contributed by atoms with Gasteiger partial charge in [0, 0.05) is 32.3 Å². The van der Waals surface area contributed by atoms with E-state index in [4.69, 9.17) is 19.3 Å². The molecule has 0 aliphatic carbocycles. The molecule has 0 radical (unpaired) electrons. The number of urea groups is 1. The number of carbonyl (C=O) groups excluding carboxylic acids is 1. The first kappa shape index (κ1) is 24.6. The Kier molecular flexibility index (Phi) is 8.26. The SMILES string of the molecule is CCCNC(=O)N(Cc1c(-c2ccccc2)nn(C)c1Oc1ccc(OC)cc1)CC1CCCO1. The van der Waals surface area contributed by atoms with Crippen LogP contribution in [0.2, 0.25) is 0 Å². The topological polar surface area (TPSA) is 77.9 Å². The molecule has 8 nitrogen and oxygen atoms in total. The average molecular weight is 479 g/mol. The maximum Gasteiger partial charge on any atom is 0.317 e. The highest BCUT2D eigenvalue weighted by atomic mass is 16.5. The fourth-order valence-electron chi connectivity index (χ4n) is 4.19. The van der Waals surface area contributed by atoms with Crippen molar-refractivity contribution in [2.24, 2.45) is 7.05 Å². The summed E-state index contributed by atoms with van der Waals surface area (Å²) in [7, 11) is 3.49. The van der Waals surface area contributed by atoms with Gasteiger partial charge in [-0.3, -0.25) is 0 Å². The first-order valence-corrected chi connectivity index (χ1v) is 12.2. The van der Waals surface area contributed by atoms with E-state index in [1.165, 1.54) is 0 Å². The normalized spacial score (nSPS) is 15.1. The lowest BCUT2D eigenvalue weighted by atomic mass is 10.1. The van der Waals surface area contributed by atoms with Gasteiger partial charge in [0.2, 0.25) is 5.88 Å². The Labute approximate surface area is 206 Å². The molecule has 1 unspecified atom stereocenters. The highest BCUT2D eigenvalue weighted by molar-refractivity contribution is 5.75. The summed E-state index contributed by atoms with van der Waals surface area (Å²) < 4.78 is 19.2. The summed E-state index contributed by atoms with van der Waals surface area (Å²) in [5.41, 5.74) is 2.60. The monoisotopic (exact) mass is 478 g/mol. The predicted octanol–water partition coefficient (Wildman–Crippen LogP) is 4.99. The molecular weight excluding hydrogens is 444 g/mol. The van der Waals surface area contributed by atoms with Crippen molar-refractivity contribution in [1.29, 1.82) is 0 Å². The van der Waals surface area contributed by atoms with Crippen molar-refractivity contribution in [2.45, 2.75) is 38.8 Å². The third kappa shape index (κ3) is 6.14. The molecule has 3 aromatic rings. The molecule has 1 saturated heterocycles. The number of amides is 2. The molecule has 186 valence electrons. The minimum absolute atomic E-state index is 0.0326. The molecule has 35 heavy (non-hydrogen) atoms. The van der Waals surface area contributed by atoms with Crippen molar-refractivity contribution in [1.82, 2.24) is 20.0 Å². The Balaban J connectivity index is 1.70. The van der Waals surface area contributed by atoms with Gasteiger partial charge in [0.15, 0.2) is 0 Å². The van der Waals surface area contributed by atoms with Crippen molar-refractivity contribution in [3.63, 3.8) is 0 Å². The summed E-state index contributed by atoms with van der Waals surface area (Å²) in [5.74, 6) is 2.01. The number of benzene rings is 2. The summed E-state index contributed by atoms with van der Waals surface area (Å²) in [4.78, 5) is 15.0. The van der Waals surface area contributed by atoms with Crippen molar-refractivity contribution in [2.75, 3.05) is 26.8 Å². The lowest BCUT2D eigenvalue weighted by molar-refractivity contribution is 0.0793. The first-order chi connectivity index (χ1) is 17.1. The molecule has 4 rings (SSSR count). The summed E-state index contributed by atoms with van der Waals surface area (Å²) in [6.07, 6.45) is 2.87. The molecule has 1 aliphatic heterocycles. The van der Waals surface area contributed by atoms with Gasteiger partial charge in [0.25, 0.3) is 0 Å². The van der Waals surface area contributed by atoms with Crippen LogP contribution in [0.1, 0.15) is 31.7 Å². The van der Waals surface area contributed by atoms with E-state index in [1.807, 2.05) is 73.5 Å². The number of hydrogen-bond donors (Lipinski definition) is 1. The second-order valence-electron chi connectivity index (χ2n) is 8.65. The second kappa shape index (κ2) is 11.8. The van der Waals surface area contributed by atoms with Crippen LogP contribution in [0.5, 0.6) is 17.4 Å². The molecule has 1 aliphatic rings. The van der Waals surface area contributed by atoms with E-state index in [2.05, 4.69) is 5.32 Å². The molecule has 1 aromatic heterocycles. The first-order valence-electron chi connectivity index (χ1n) is 12.2. The van der Waals surface area contributed by atoms with Gasteiger partial charge in [0.1, 0.15) is 17.2 Å². The highest BCUT2D eigenvalue weighted by Gasteiger charge is 2.27. The van der Waals surface area contributed by atoms with E-state index in [1.54, 1.807) is 11.8 Å². The van der Waals surface area contributed by atoms with Gasteiger partial charge in [-0.2, -0.15) is 5.10 Å². The maximum absolute atomic E-state index is 13.2. The molecule has 2 amide bonds. The molecule has 1 N–H and O–H groups in total. The van der Waals surface area contributed by atoms with Gasteiger partial charge in [0.05, 0.1) is 25.3 Å². The van der Waals surface area contributed by atoms with Gasteiger partial charge in [-0.25, -0.2) is 9.48 Å². The molecular formula is C27H34N4O4. The second-order valence-corrected chi connectivity index (χ2v) is 8.65. The molecule has 0 bridgehead atoms. The van der Waals surface area contributed by atoms with Crippen LogP contribution in [0.3, 0.4) is 0 Å². The van der Waals surface area contributed by atoms with Crippen LogP contribution in [0.15, 0.2) is 54.6 Å². The number of nitrogens with one attached hydrogen (secondary N) is 1. The molecule has 2 aromatic carbocycles. The summed E-state index contributed by atoms with van der Waals surface area (Å²) in [5, 5.41) is 7.82. The fourth-order valence-corrected chi connectivity index (χ4v) is 4.19. The minimum atomic E-state index is -0.111. The minimum Gasteiger partial charge on any atom is -0.497 e. The number of ether oxygens (including phenoxy) is 3. The van der Waals surface area contributed by atoms with Crippen LogP contribution >= 0.6 is 0 Å². The number of carbonyl (C=O) groups is 1. The Morgan fingerprint density at radius 2 is 1.91 bits per heavy atom. The van der Waals surface area contributed by atoms with Crippen LogP contribution < -0.4 is 14.8 Å². The van der Waals surface area contributed by atoms with E-state index in [-0.39, 0.29) is 12.1 Å². The van der Waals surface area contributed by atoms with E-state index in [0.29, 0.717) is 31.3 Å². The lowest BCUT2D eigenvalue weighted by Crippen LogP contribution is -2.43. The van der Waals surface area contributed by atoms with Gasteiger partial charge in [-0.1, -0.05) is 37.3 Å². The number of aryl methyl sites for hydroxylation is 1. The van der Waals surface area contributed by atoms with E-state index >= 15 is 0 Å². The number of hydrogen-bond acceptors (Lipinski definition) is 5. The predicted molar refractivity (Wildman–Crippen MR) is 135 cm³/mol. The number of nitrogens with zero attached hydrogens (tertiary/aromatic N) is 3. The highest BCUT2D eigenvalue weighted by Crippen LogP contribution is 2.35. The third-order valence-corrected chi connectivity index (χ3v) is 6.02. The van der Waals surface area contributed by atoms with E-state index in [9.17, 15) is 4.79 Å². The third-order valence-electron chi connectivity index (χ3n) is 6.02. The van der Waals surface area contributed by atoms with Crippen molar-refractivity contribution in [3.8, 4) is 28.6 Å². The number of methoxy groups -OCH3 is 1. The van der Waals surface area contributed by atoms with E-state index in [0.717, 1.165) is 48.4 Å². The molecule has 0 spiro atoms. The zero-order chi connectivity index (χ0) is 24.6. The zero-order valence-electron chi connectivity index (χ0n) is 20.7. The Bertz CT molecular complexity index is 1090. The maximum atomic E-state index is 13.2. The average Bonchev–Trinajstić information content (AvgIpc) is 3.51. The number of rotatable bonds is 10. The number of aromatic nitrogens is 2. The van der Waals surface area contributed by atoms with E-state index < -0.39 is 0 Å². The van der Waals surface area contributed by atoms with Gasteiger partial charge in [-0.05, 0) is 43.5 Å². The standard InChI is InChI=1S/C27H34N4O4/c1-4-16-28-27(32)31(18-23-11-8-17-34-23)19-24-25(20-9-6-5-7-10-20)29-30(2)26(24)35-22-14-12-21(33-3)13-15-22/h5-7,9-10,12-15,23H,4,8,11,16-19H2,1-3H3,(H,28,32). The fraction of sp³-hybridized carbons (Fsp3) is 0.407. The zero-order valence-corrected chi connectivity index (χ0v) is 20.7. The van der Waals surface area contributed by atoms with Crippen molar-refractivity contribution in [3.05, 3.63) is 60.2 Å².